The lowest BCUT2D eigenvalue weighted by Crippen LogP contribution is -2.34. The summed E-state index contributed by atoms with van der Waals surface area (Å²) < 4.78 is 21.2. The number of hydrogen-bond donors (Lipinski definition) is 1. The Hall–Kier alpha value is -0.850. The fraction of sp³-hybridized carbons (Fsp3) is 0.938. The van der Waals surface area contributed by atoms with Crippen LogP contribution in [0.1, 0.15) is 47.0 Å². The van der Waals surface area contributed by atoms with Crippen molar-refractivity contribution in [1.29, 1.82) is 0 Å². The molecule has 0 spiro atoms. The predicted molar refractivity (Wildman–Crippen MR) is 86.2 cm³/mol. The number of unbranched alkanes of at least 4 members (excludes halogenated alkanes) is 2. The molecule has 0 unspecified atom stereocenters. The molecule has 132 valence electrons. The van der Waals surface area contributed by atoms with Crippen molar-refractivity contribution in [3.63, 3.8) is 0 Å². The van der Waals surface area contributed by atoms with E-state index >= 15 is 0 Å². The molecule has 0 saturated heterocycles. The highest BCUT2D eigenvalue weighted by Crippen LogP contribution is 2.05. The highest BCUT2D eigenvalue weighted by atomic mass is 16.6. The van der Waals surface area contributed by atoms with Crippen molar-refractivity contribution in [2.45, 2.75) is 52.6 Å². The van der Waals surface area contributed by atoms with Crippen molar-refractivity contribution in [3.8, 4) is 0 Å². The summed E-state index contributed by atoms with van der Waals surface area (Å²) in [6.45, 7) is 11.6. The van der Waals surface area contributed by atoms with Crippen LogP contribution in [0.4, 0.5) is 4.79 Å². The summed E-state index contributed by atoms with van der Waals surface area (Å²) in [5, 5.41) is 2.63. The topological polar surface area (TPSA) is 66.0 Å². The molecule has 0 saturated carbocycles. The van der Waals surface area contributed by atoms with Gasteiger partial charge in [0, 0.05) is 13.2 Å². The van der Waals surface area contributed by atoms with Crippen molar-refractivity contribution in [2.24, 2.45) is 0 Å². The summed E-state index contributed by atoms with van der Waals surface area (Å²) in [7, 11) is 0. The maximum Gasteiger partial charge on any atom is 0.407 e. The van der Waals surface area contributed by atoms with E-state index in [0.717, 1.165) is 13.0 Å². The molecule has 0 aromatic rings. The van der Waals surface area contributed by atoms with Gasteiger partial charge in [-0.3, -0.25) is 0 Å². The molecule has 1 amide bonds. The van der Waals surface area contributed by atoms with Crippen LogP contribution in [-0.4, -0.2) is 57.9 Å². The first-order chi connectivity index (χ1) is 10.5. The van der Waals surface area contributed by atoms with E-state index in [4.69, 9.17) is 18.9 Å². The highest BCUT2D eigenvalue weighted by Gasteiger charge is 2.15. The zero-order chi connectivity index (χ0) is 16.7. The van der Waals surface area contributed by atoms with Crippen molar-refractivity contribution < 1.29 is 23.7 Å². The second kappa shape index (κ2) is 13.8. The highest BCUT2D eigenvalue weighted by molar-refractivity contribution is 5.67. The standard InChI is InChI=1S/C16H33NO5/c1-5-6-7-9-19-11-13-21-14-12-20-10-8-17-15(18)22-16(2,3)4/h5-14H2,1-4H3,(H,17,18). The van der Waals surface area contributed by atoms with Crippen LogP contribution in [0.2, 0.25) is 0 Å². The van der Waals surface area contributed by atoms with Gasteiger partial charge in [-0.25, -0.2) is 4.79 Å². The Morgan fingerprint density at radius 2 is 1.41 bits per heavy atom. The first-order valence-electron chi connectivity index (χ1n) is 8.16. The van der Waals surface area contributed by atoms with Gasteiger partial charge in [-0.05, 0) is 27.2 Å². The molecule has 0 aromatic carbocycles. The molecule has 0 atom stereocenters. The molecular formula is C16H33NO5. The molecule has 22 heavy (non-hydrogen) atoms. The SMILES string of the molecule is CCCCCOCCOCCOCCNC(=O)OC(C)(C)C. The monoisotopic (exact) mass is 319 g/mol. The van der Waals surface area contributed by atoms with E-state index in [9.17, 15) is 4.79 Å². The zero-order valence-electron chi connectivity index (χ0n) is 14.6. The van der Waals surface area contributed by atoms with Crippen LogP contribution in [0.5, 0.6) is 0 Å². The second-order valence-corrected chi connectivity index (χ2v) is 5.97. The van der Waals surface area contributed by atoms with Gasteiger partial charge in [-0.1, -0.05) is 19.8 Å². The van der Waals surface area contributed by atoms with Gasteiger partial charge in [0.25, 0.3) is 0 Å². The van der Waals surface area contributed by atoms with Crippen LogP contribution < -0.4 is 5.32 Å². The Labute approximate surface area is 134 Å². The molecule has 0 aliphatic rings. The molecular weight excluding hydrogens is 286 g/mol. The van der Waals surface area contributed by atoms with Crippen LogP contribution in [-0.2, 0) is 18.9 Å². The van der Waals surface area contributed by atoms with E-state index in [-0.39, 0.29) is 0 Å². The van der Waals surface area contributed by atoms with Gasteiger partial charge in [0.15, 0.2) is 0 Å². The Morgan fingerprint density at radius 3 is 1.95 bits per heavy atom. The normalized spacial score (nSPS) is 11.5. The Balaban J connectivity index is 3.16. The smallest absolute Gasteiger partial charge is 0.407 e. The minimum atomic E-state index is -0.475. The summed E-state index contributed by atoms with van der Waals surface area (Å²) in [5.41, 5.74) is -0.475. The van der Waals surface area contributed by atoms with Gasteiger partial charge in [0.1, 0.15) is 5.60 Å². The minimum absolute atomic E-state index is 0.424. The van der Waals surface area contributed by atoms with Crippen LogP contribution in [0.15, 0.2) is 0 Å². The third-order valence-electron chi connectivity index (χ3n) is 2.55. The lowest BCUT2D eigenvalue weighted by Gasteiger charge is -2.19. The number of nitrogens with one attached hydrogen (secondary N) is 1. The number of carbonyl (C=O) groups is 1. The third-order valence-corrected chi connectivity index (χ3v) is 2.55. The fourth-order valence-electron chi connectivity index (χ4n) is 1.54. The van der Waals surface area contributed by atoms with Crippen LogP contribution in [0.25, 0.3) is 0 Å². The Morgan fingerprint density at radius 1 is 0.864 bits per heavy atom. The molecule has 0 bridgehead atoms. The van der Waals surface area contributed by atoms with E-state index in [1.807, 2.05) is 20.8 Å². The molecule has 0 aliphatic carbocycles. The molecule has 6 heteroatoms. The number of amides is 1. The van der Waals surface area contributed by atoms with Crippen LogP contribution >= 0.6 is 0 Å². The van der Waals surface area contributed by atoms with E-state index in [1.165, 1.54) is 12.8 Å². The molecule has 0 heterocycles. The number of rotatable bonds is 13. The number of ether oxygens (including phenoxy) is 4. The average Bonchev–Trinajstić information content (AvgIpc) is 2.42. The van der Waals surface area contributed by atoms with Gasteiger partial charge in [0.2, 0.25) is 0 Å². The van der Waals surface area contributed by atoms with E-state index in [2.05, 4.69) is 12.2 Å². The van der Waals surface area contributed by atoms with E-state index in [0.29, 0.717) is 39.6 Å². The Kier molecular flexibility index (Phi) is 13.3. The molecule has 0 fully saturated rings. The van der Waals surface area contributed by atoms with Gasteiger partial charge < -0.3 is 24.3 Å². The second-order valence-electron chi connectivity index (χ2n) is 5.97. The number of carbonyl (C=O) groups excluding carboxylic acids is 1. The lowest BCUT2D eigenvalue weighted by molar-refractivity contribution is 0.0134. The van der Waals surface area contributed by atoms with Crippen molar-refractivity contribution >= 4 is 6.09 Å². The maximum atomic E-state index is 11.3. The summed E-state index contributed by atoms with van der Waals surface area (Å²) in [6.07, 6.45) is 3.11. The molecule has 0 aromatic heterocycles. The lowest BCUT2D eigenvalue weighted by atomic mass is 10.2. The van der Waals surface area contributed by atoms with Gasteiger partial charge in [-0.2, -0.15) is 0 Å². The molecule has 0 aliphatic heterocycles. The average molecular weight is 319 g/mol. The van der Waals surface area contributed by atoms with E-state index < -0.39 is 11.7 Å². The minimum Gasteiger partial charge on any atom is -0.444 e. The first kappa shape index (κ1) is 21.1. The van der Waals surface area contributed by atoms with E-state index in [1.54, 1.807) is 0 Å². The zero-order valence-corrected chi connectivity index (χ0v) is 14.6. The van der Waals surface area contributed by atoms with Gasteiger partial charge in [-0.15, -0.1) is 0 Å². The maximum absolute atomic E-state index is 11.3. The molecule has 0 radical (unpaired) electrons. The van der Waals surface area contributed by atoms with Crippen LogP contribution in [0, 0.1) is 0 Å². The van der Waals surface area contributed by atoms with Gasteiger partial charge >= 0.3 is 6.09 Å². The number of alkyl carbamates (subject to hydrolysis) is 1. The van der Waals surface area contributed by atoms with Crippen molar-refractivity contribution in [1.82, 2.24) is 5.32 Å². The summed E-state index contributed by atoms with van der Waals surface area (Å²) >= 11 is 0. The number of hydrogen-bond acceptors (Lipinski definition) is 5. The fourth-order valence-corrected chi connectivity index (χ4v) is 1.54. The van der Waals surface area contributed by atoms with Crippen molar-refractivity contribution in [2.75, 3.05) is 46.2 Å². The predicted octanol–water partition coefficient (Wildman–Crippen LogP) is 2.75. The molecule has 6 nitrogen and oxygen atoms in total. The summed E-state index contributed by atoms with van der Waals surface area (Å²) in [4.78, 5) is 11.3. The van der Waals surface area contributed by atoms with Gasteiger partial charge in [0.05, 0.1) is 33.0 Å². The van der Waals surface area contributed by atoms with Crippen molar-refractivity contribution in [3.05, 3.63) is 0 Å². The quantitative estimate of drug-likeness (QED) is 0.529. The summed E-state index contributed by atoms with van der Waals surface area (Å²) in [5.74, 6) is 0. The summed E-state index contributed by atoms with van der Waals surface area (Å²) in [6, 6.07) is 0. The molecule has 1 N–H and O–H groups in total. The van der Waals surface area contributed by atoms with Crippen LogP contribution in [0.3, 0.4) is 0 Å². The Bertz CT molecular complexity index is 266. The largest absolute Gasteiger partial charge is 0.444 e. The molecule has 0 rings (SSSR count). The first-order valence-corrected chi connectivity index (χ1v) is 8.16. The third kappa shape index (κ3) is 17.2.